The summed E-state index contributed by atoms with van der Waals surface area (Å²) >= 11 is 2.31. The molecule has 0 amide bonds. The first-order valence-electron chi connectivity index (χ1n) is 6.12. The molecule has 18 heavy (non-hydrogen) atoms. The zero-order valence-electron chi connectivity index (χ0n) is 10.7. The Morgan fingerprint density at radius 3 is 2.44 bits per heavy atom. The molecule has 0 aromatic heterocycles. The molecule has 0 spiro atoms. The summed E-state index contributed by atoms with van der Waals surface area (Å²) in [6, 6.07) is 16.7. The molecule has 0 aliphatic carbocycles. The minimum Gasteiger partial charge on any atom is -0.489 e. The monoisotopic (exact) mass is 352 g/mol. The van der Waals surface area contributed by atoms with Gasteiger partial charge >= 0.3 is 0 Å². The zero-order chi connectivity index (χ0) is 13.0. The van der Waals surface area contributed by atoms with Gasteiger partial charge in [0.15, 0.2) is 0 Å². The van der Waals surface area contributed by atoms with Crippen LogP contribution < -0.4 is 4.74 Å². The summed E-state index contributed by atoms with van der Waals surface area (Å²) in [6.07, 6.45) is 0. The predicted molar refractivity (Wildman–Crippen MR) is 84.0 cm³/mol. The summed E-state index contributed by atoms with van der Waals surface area (Å²) in [6.45, 7) is 5.01. The fourth-order valence-corrected chi connectivity index (χ4v) is 2.07. The molecule has 94 valence electrons. The number of ether oxygens (including phenoxy) is 1. The van der Waals surface area contributed by atoms with E-state index >= 15 is 0 Å². The lowest BCUT2D eigenvalue weighted by Gasteiger charge is -2.10. The fraction of sp³-hybridized carbons (Fsp3) is 0.250. The first-order valence-corrected chi connectivity index (χ1v) is 7.20. The predicted octanol–water partition coefficient (Wildman–Crippen LogP) is 4.99. The van der Waals surface area contributed by atoms with Crippen LogP contribution in [0.3, 0.4) is 0 Å². The van der Waals surface area contributed by atoms with Gasteiger partial charge < -0.3 is 4.74 Å². The molecule has 0 bridgehead atoms. The van der Waals surface area contributed by atoms with E-state index in [1.807, 2.05) is 6.07 Å². The van der Waals surface area contributed by atoms with Gasteiger partial charge in [0, 0.05) is 3.57 Å². The van der Waals surface area contributed by atoms with Crippen LogP contribution in [0.2, 0.25) is 0 Å². The molecule has 2 heteroatoms. The van der Waals surface area contributed by atoms with Crippen LogP contribution in [0, 0.1) is 3.57 Å². The normalized spacial score (nSPS) is 10.7. The third-order valence-corrected chi connectivity index (χ3v) is 3.56. The number of hydrogen-bond donors (Lipinski definition) is 0. The van der Waals surface area contributed by atoms with Gasteiger partial charge in [-0.25, -0.2) is 0 Å². The Bertz CT molecular complexity index is 503. The molecule has 0 fully saturated rings. The highest BCUT2D eigenvalue weighted by Gasteiger charge is 2.01. The Balaban J connectivity index is 2.01. The van der Waals surface area contributed by atoms with E-state index in [1.165, 1.54) is 14.7 Å². The number of hydrogen-bond acceptors (Lipinski definition) is 1. The van der Waals surface area contributed by atoms with Crippen LogP contribution in [0.25, 0.3) is 0 Å². The van der Waals surface area contributed by atoms with Crippen LogP contribution in [-0.2, 0) is 6.61 Å². The largest absolute Gasteiger partial charge is 0.489 e. The Labute approximate surface area is 122 Å². The van der Waals surface area contributed by atoms with Gasteiger partial charge in [-0.3, -0.25) is 0 Å². The van der Waals surface area contributed by atoms with Crippen LogP contribution in [0.1, 0.15) is 30.9 Å². The number of halogens is 1. The SMILES string of the molecule is CC(C)c1cccc(OCc2ccc(I)cc2)c1. The van der Waals surface area contributed by atoms with Crippen molar-refractivity contribution in [3.05, 3.63) is 63.2 Å². The van der Waals surface area contributed by atoms with Gasteiger partial charge in [-0.1, -0.05) is 38.1 Å². The van der Waals surface area contributed by atoms with E-state index in [-0.39, 0.29) is 0 Å². The van der Waals surface area contributed by atoms with Crippen molar-refractivity contribution >= 4 is 22.6 Å². The van der Waals surface area contributed by atoms with Crippen LogP contribution in [0.5, 0.6) is 5.75 Å². The van der Waals surface area contributed by atoms with Crippen molar-refractivity contribution in [3.63, 3.8) is 0 Å². The standard InChI is InChI=1S/C16H17IO/c1-12(2)14-4-3-5-16(10-14)18-11-13-6-8-15(17)9-7-13/h3-10,12H,11H2,1-2H3. The maximum Gasteiger partial charge on any atom is 0.120 e. The highest BCUT2D eigenvalue weighted by Crippen LogP contribution is 2.21. The minimum atomic E-state index is 0.534. The second-order valence-corrected chi connectivity index (χ2v) is 5.89. The van der Waals surface area contributed by atoms with Gasteiger partial charge in [0.25, 0.3) is 0 Å². The molecule has 0 N–H and O–H groups in total. The van der Waals surface area contributed by atoms with E-state index in [1.54, 1.807) is 0 Å². The van der Waals surface area contributed by atoms with Crippen LogP contribution in [0.4, 0.5) is 0 Å². The minimum absolute atomic E-state index is 0.534. The summed E-state index contributed by atoms with van der Waals surface area (Å²) in [5.74, 6) is 1.48. The van der Waals surface area contributed by atoms with E-state index in [2.05, 4.69) is 78.9 Å². The second kappa shape index (κ2) is 6.23. The Hall–Kier alpha value is -1.03. The lowest BCUT2D eigenvalue weighted by atomic mass is 10.0. The van der Waals surface area contributed by atoms with E-state index in [0.717, 1.165) is 5.75 Å². The first kappa shape index (κ1) is 13.4. The third-order valence-electron chi connectivity index (χ3n) is 2.84. The average Bonchev–Trinajstić information content (AvgIpc) is 2.38. The van der Waals surface area contributed by atoms with E-state index in [0.29, 0.717) is 12.5 Å². The highest BCUT2D eigenvalue weighted by atomic mass is 127. The first-order chi connectivity index (χ1) is 8.65. The molecule has 0 saturated heterocycles. The van der Waals surface area contributed by atoms with E-state index < -0.39 is 0 Å². The van der Waals surface area contributed by atoms with Crippen molar-refractivity contribution in [2.45, 2.75) is 26.4 Å². The van der Waals surface area contributed by atoms with Gasteiger partial charge in [0.1, 0.15) is 12.4 Å². The molecule has 0 saturated carbocycles. The van der Waals surface area contributed by atoms with Crippen LogP contribution >= 0.6 is 22.6 Å². The molecular formula is C16H17IO. The number of benzene rings is 2. The summed E-state index contributed by atoms with van der Waals surface area (Å²) in [5, 5.41) is 0. The van der Waals surface area contributed by atoms with Crippen molar-refractivity contribution in [2.24, 2.45) is 0 Å². The zero-order valence-corrected chi connectivity index (χ0v) is 12.8. The van der Waals surface area contributed by atoms with Crippen molar-refractivity contribution in [2.75, 3.05) is 0 Å². The van der Waals surface area contributed by atoms with Gasteiger partial charge in [-0.2, -0.15) is 0 Å². The average molecular weight is 352 g/mol. The summed E-state index contributed by atoms with van der Waals surface area (Å²) in [5.41, 5.74) is 2.51. The molecule has 0 aliphatic heterocycles. The third kappa shape index (κ3) is 3.73. The molecular weight excluding hydrogens is 335 g/mol. The van der Waals surface area contributed by atoms with E-state index in [4.69, 9.17) is 4.74 Å². The Morgan fingerprint density at radius 1 is 1.06 bits per heavy atom. The van der Waals surface area contributed by atoms with Crippen LogP contribution in [-0.4, -0.2) is 0 Å². The molecule has 0 heterocycles. The molecule has 2 aromatic carbocycles. The summed E-state index contributed by atoms with van der Waals surface area (Å²) in [7, 11) is 0. The van der Waals surface area contributed by atoms with Gasteiger partial charge in [0.05, 0.1) is 0 Å². The smallest absolute Gasteiger partial charge is 0.120 e. The molecule has 2 rings (SSSR count). The van der Waals surface area contributed by atoms with E-state index in [9.17, 15) is 0 Å². The molecule has 0 radical (unpaired) electrons. The van der Waals surface area contributed by atoms with Crippen molar-refractivity contribution in [1.29, 1.82) is 0 Å². The number of rotatable bonds is 4. The van der Waals surface area contributed by atoms with Gasteiger partial charge in [-0.15, -0.1) is 0 Å². The molecule has 0 aliphatic rings. The summed E-state index contributed by atoms with van der Waals surface area (Å²) < 4.78 is 7.07. The van der Waals surface area contributed by atoms with Crippen molar-refractivity contribution in [3.8, 4) is 5.75 Å². The Morgan fingerprint density at radius 2 is 1.78 bits per heavy atom. The van der Waals surface area contributed by atoms with Gasteiger partial charge in [-0.05, 0) is 63.9 Å². The molecule has 1 nitrogen and oxygen atoms in total. The lowest BCUT2D eigenvalue weighted by molar-refractivity contribution is 0.306. The lowest BCUT2D eigenvalue weighted by Crippen LogP contribution is -1.96. The maximum absolute atomic E-state index is 5.82. The quantitative estimate of drug-likeness (QED) is 0.704. The maximum atomic E-state index is 5.82. The Kier molecular flexibility index (Phi) is 4.64. The van der Waals surface area contributed by atoms with Crippen molar-refractivity contribution < 1.29 is 4.74 Å². The van der Waals surface area contributed by atoms with Crippen molar-refractivity contribution in [1.82, 2.24) is 0 Å². The van der Waals surface area contributed by atoms with Gasteiger partial charge in [0.2, 0.25) is 0 Å². The molecule has 2 aromatic rings. The summed E-state index contributed by atoms with van der Waals surface area (Å²) in [4.78, 5) is 0. The second-order valence-electron chi connectivity index (χ2n) is 4.64. The highest BCUT2D eigenvalue weighted by molar-refractivity contribution is 14.1. The van der Waals surface area contributed by atoms with Crippen LogP contribution in [0.15, 0.2) is 48.5 Å². The molecule has 0 atom stereocenters. The molecule has 0 unspecified atom stereocenters. The topological polar surface area (TPSA) is 9.23 Å². The fourth-order valence-electron chi connectivity index (χ4n) is 1.71.